The minimum absolute atomic E-state index is 0.711. The van der Waals surface area contributed by atoms with Crippen LogP contribution in [0.4, 0.5) is 5.69 Å². The van der Waals surface area contributed by atoms with Crippen molar-refractivity contribution >= 4 is 5.69 Å². The Morgan fingerprint density at radius 1 is 1.50 bits per heavy atom. The maximum Gasteiger partial charge on any atom is 0.0352 e. The molecule has 1 unspecified atom stereocenters. The van der Waals surface area contributed by atoms with E-state index in [2.05, 4.69) is 31.2 Å². The van der Waals surface area contributed by atoms with E-state index in [1.807, 2.05) is 6.07 Å². The highest BCUT2D eigenvalue weighted by Gasteiger charge is 2.26. The van der Waals surface area contributed by atoms with Crippen LogP contribution in [-0.4, -0.2) is 0 Å². The molecule has 74 valence electrons. The maximum absolute atomic E-state index is 5.95. The number of hydrogen-bond acceptors (Lipinski definition) is 1. The lowest BCUT2D eigenvalue weighted by Gasteiger charge is -2.31. The normalized spacial score (nSPS) is 19.4. The van der Waals surface area contributed by atoms with E-state index in [9.17, 15) is 0 Å². The Bertz CT molecular complexity index is 338. The number of benzene rings is 1. The first-order chi connectivity index (χ1) is 6.83. The minimum atomic E-state index is 0.711. The lowest BCUT2D eigenvalue weighted by molar-refractivity contribution is 0.567. The van der Waals surface area contributed by atoms with Crippen LogP contribution in [0, 0.1) is 0 Å². The van der Waals surface area contributed by atoms with Gasteiger partial charge in [-0.05, 0) is 49.3 Å². The third-order valence-corrected chi connectivity index (χ3v) is 3.02. The third-order valence-electron chi connectivity index (χ3n) is 3.02. The quantitative estimate of drug-likeness (QED) is 0.570. The third kappa shape index (κ3) is 1.54. The van der Waals surface area contributed by atoms with Gasteiger partial charge in [0.1, 0.15) is 0 Å². The van der Waals surface area contributed by atoms with Crippen molar-refractivity contribution in [3.63, 3.8) is 0 Å². The molecule has 0 bridgehead atoms. The van der Waals surface area contributed by atoms with Gasteiger partial charge in [-0.2, -0.15) is 0 Å². The van der Waals surface area contributed by atoms with Gasteiger partial charge in [-0.1, -0.05) is 24.3 Å². The number of allylic oxidation sites excluding steroid dienone is 2. The molecule has 0 radical (unpaired) electrons. The molecule has 2 rings (SSSR count). The fourth-order valence-electron chi connectivity index (χ4n) is 2.26. The Kier molecular flexibility index (Phi) is 2.58. The zero-order valence-corrected chi connectivity index (χ0v) is 8.66. The van der Waals surface area contributed by atoms with E-state index < -0.39 is 0 Å². The number of anilines is 1. The molecule has 1 aromatic rings. The first-order valence-corrected chi connectivity index (χ1v) is 5.31. The standard InChI is InChI=1S/C13H17N/c1-2-3-4-6-10-9-11-7-5-8-12(14)13(10)11/h2-3,5,7-8,10H,4,6,9,14H2,1H3/b3-2+. The largest absolute Gasteiger partial charge is 0.398 e. The molecule has 0 amide bonds. The van der Waals surface area contributed by atoms with Crippen LogP contribution >= 0.6 is 0 Å². The van der Waals surface area contributed by atoms with E-state index in [0.29, 0.717) is 5.92 Å². The highest BCUT2D eigenvalue weighted by atomic mass is 14.6. The molecule has 1 atom stereocenters. The van der Waals surface area contributed by atoms with Crippen molar-refractivity contribution in [2.75, 3.05) is 5.73 Å². The molecule has 1 aliphatic rings. The van der Waals surface area contributed by atoms with Crippen LogP contribution in [0.15, 0.2) is 30.4 Å². The molecule has 0 spiro atoms. The smallest absolute Gasteiger partial charge is 0.0352 e. The van der Waals surface area contributed by atoms with Crippen molar-refractivity contribution < 1.29 is 0 Å². The molecular formula is C13H17N. The van der Waals surface area contributed by atoms with Crippen molar-refractivity contribution in [3.05, 3.63) is 41.5 Å². The first kappa shape index (κ1) is 9.32. The summed E-state index contributed by atoms with van der Waals surface area (Å²) in [4.78, 5) is 0. The lowest BCUT2D eigenvalue weighted by Crippen LogP contribution is -2.18. The molecule has 0 saturated heterocycles. The molecule has 2 N–H and O–H groups in total. The second kappa shape index (κ2) is 3.87. The van der Waals surface area contributed by atoms with Crippen LogP contribution in [0.3, 0.4) is 0 Å². The van der Waals surface area contributed by atoms with Crippen molar-refractivity contribution in [2.45, 2.75) is 32.1 Å². The second-order valence-corrected chi connectivity index (χ2v) is 3.97. The van der Waals surface area contributed by atoms with E-state index in [1.54, 1.807) is 0 Å². The summed E-state index contributed by atoms with van der Waals surface area (Å²) in [6.07, 6.45) is 7.99. The molecule has 1 nitrogen and oxygen atoms in total. The molecule has 1 aromatic carbocycles. The van der Waals surface area contributed by atoms with Crippen molar-refractivity contribution in [3.8, 4) is 0 Å². The summed E-state index contributed by atoms with van der Waals surface area (Å²) in [5, 5.41) is 0. The summed E-state index contributed by atoms with van der Waals surface area (Å²) < 4.78 is 0. The molecule has 0 aromatic heterocycles. The molecule has 0 aliphatic heterocycles. The van der Waals surface area contributed by atoms with Gasteiger partial charge in [0, 0.05) is 5.69 Å². The molecular weight excluding hydrogens is 170 g/mol. The van der Waals surface area contributed by atoms with Gasteiger partial charge >= 0.3 is 0 Å². The van der Waals surface area contributed by atoms with Crippen molar-refractivity contribution in [2.24, 2.45) is 0 Å². The Morgan fingerprint density at radius 3 is 3.07 bits per heavy atom. The van der Waals surface area contributed by atoms with E-state index in [-0.39, 0.29) is 0 Å². The van der Waals surface area contributed by atoms with E-state index >= 15 is 0 Å². The van der Waals surface area contributed by atoms with Crippen LogP contribution in [0.1, 0.15) is 36.8 Å². The fraction of sp³-hybridized carbons (Fsp3) is 0.385. The molecule has 1 heteroatoms. The van der Waals surface area contributed by atoms with Gasteiger partial charge in [0.05, 0.1) is 0 Å². The molecule has 0 fully saturated rings. The van der Waals surface area contributed by atoms with E-state index in [4.69, 9.17) is 5.73 Å². The highest BCUT2D eigenvalue weighted by Crippen LogP contribution is 2.41. The Hall–Kier alpha value is -1.24. The van der Waals surface area contributed by atoms with E-state index in [1.165, 1.54) is 30.4 Å². The molecule has 1 aliphatic carbocycles. The number of fused-ring (bicyclic) bond motifs is 1. The van der Waals surface area contributed by atoms with Gasteiger partial charge in [0.15, 0.2) is 0 Å². The second-order valence-electron chi connectivity index (χ2n) is 3.97. The number of hydrogen-bond donors (Lipinski definition) is 1. The van der Waals surface area contributed by atoms with Gasteiger partial charge in [-0.15, -0.1) is 0 Å². The van der Waals surface area contributed by atoms with Crippen LogP contribution in [0.5, 0.6) is 0 Å². The SMILES string of the molecule is C/C=C/CCC1Cc2cccc(N)c21. The van der Waals surface area contributed by atoms with Crippen LogP contribution in [0.2, 0.25) is 0 Å². The molecule has 14 heavy (non-hydrogen) atoms. The van der Waals surface area contributed by atoms with Crippen LogP contribution in [-0.2, 0) is 6.42 Å². The van der Waals surface area contributed by atoms with Gasteiger partial charge in [0.25, 0.3) is 0 Å². The fourth-order valence-corrected chi connectivity index (χ4v) is 2.26. The average Bonchev–Trinajstić information content (AvgIpc) is 2.13. The monoisotopic (exact) mass is 187 g/mol. The topological polar surface area (TPSA) is 26.0 Å². The van der Waals surface area contributed by atoms with Crippen molar-refractivity contribution in [1.29, 1.82) is 0 Å². The Balaban J connectivity index is 2.04. The summed E-state index contributed by atoms with van der Waals surface area (Å²) >= 11 is 0. The summed E-state index contributed by atoms with van der Waals surface area (Å²) in [5.74, 6) is 0.711. The molecule has 0 heterocycles. The summed E-state index contributed by atoms with van der Waals surface area (Å²) in [5.41, 5.74) is 9.80. The van der Waals surface area contributed by atoms with Crippen LogP contribution < -0.4 is 5.73 Å². The summed E-state index contributed by atoms with van der Waals surface area (Å²) in [6.45, 7) is 2.07. The molecule has 0 saturated carbocycles. The van der Waals surface area contributed by atoms with Gasteiger partial charge in [-0.25, -0.2) is 0 Å². The Labute approximate surface area is 85.6 Å². The predicted octanol–water partition coefficient (Wildman–Crippen LogP) is 3.26. The van der Waals surface area contributed by atoms with Gasteiger partial charge in [-0.3, -0.25) is 0 Å². The first-order valence-electron chi connectivity index (χ1n) is 5.31. The maximum atomic E-state index is 5.95. The number of nitrogen functional groups attached to an aromatic ring is 1. The zero-order valence-electron chi connectivity index (χ0n) is 8.66. The lowest BCUT2D eigenvalue weighted by atomic mass is 9.74. The van der Waals surface area contributed by atoms with Gasteiger partial charge < -0.3 is 5.73 Å². The number of rotatable bonds is 3. The minimum Gasteiger partial charge on any atom is -0.398 e. The predicted molar refractivity (Wildman–Crippen MR) is 61.3 cm³/mol. The number of nitrogens with two attached hydrogens (primary N) is 1. The zero-order chi connectivity index (χ0) is 9.97. The Morgan fingerprint density at radius 2 is 2.36 bits per heavy atom. The highest BCUT2D eigenvalue weighted by molar-refractivity contribution is 5.58. The average molecular weight is 187 g/mol. The van der Waals surface area contributed by atoms with Crippen LogP contribution in [0.25, 0.3) is 0 Å². The summed E-state index contributed by atoms with van der Waals surface area (Å²) in [6, 6.07) is 6.26. The van der Waals surface area contributed by atoms with Gasteiger partial charge in [0.2, 0.25) is 0 Å². The van der Waals surface area contributed by atoms with E-state index in [0.717, 1.165) is 5.69 Å². The summed E-state index contributed by atoms with van der Waals surface area (Å²) in [7, 11) is 0. The van der Waals surface area contributed by atoms with Crippen molar-refractivity contribution in [1.82, 2.24) is 0 Å².